The van der Waals surface area contributed by atoms with Gasteiger partial charge in [0.25, 0.3) is 0 Å². The van der Waals surface area contributed by atoms with E-state index in [0.29, 0.717) is 6.04 Å². The molecule has 0 saturated carbocycles. The second-order valence-corrected chi connectivity index (χ2v) is 5.36. The molecule has 1 atom stereocenters. The lowest BCUT2D eigenvalue weighted by Gasteiger charge is -2.08. The Labute approximate surface area is 116 Å². The maximum absolute atomic E-state index is 4.40. The van der Waals surface area contributed by atoms with Gasteiger partial charge in [0.1, 0.15) is 5.82 Å². The number of nitrogens with one attached hydrogen (secondary N) is 2. The monoisotopic (exact) mass is 307 g/mol. The van der Waals surface area contributed by atoms with Gasteiger partial charge in [0.05, 0.1) is 18.4 Å². The van der Waals surface area contributed by atoms with Crippen LogP contribution in [0.25, 0.3) is 11.3 Å². The van der Waals surface area contributed by atoms with Gasteiger partial charge < -0.3 is 10.3 Å². The maximum Gasteiger partial charge on any atom is 0.120 e. The third-order valence-electron chi connectivity index (χ3n) is 2.99. The first-order valence-corrected chi connectivity index (χ1v) is 7.01. The molecular formula is C14H18BrN3. The minimum absolute atomic E-state index is 0.518. The number of nitrogens with zero attached hydrogens (tertiary/aromatic N) is 1. The molecule has 18 heavy (non-hydrogen) atoms. The fraction of sp³-hybridized carbons (Fsp3) is 0.357. The first-order valence-electron chi connectivity index (χ1n) is 6.22. The van der Waals surface area contributed by atoms with Crippen LogP contribution in [0.1, 0.15) is 26.1 Å². The molecule has 1 aromatic carbocycles. The maximum atomic E-state index is 4.40. The van der Waals surface area contributed by atoms with E-state index in [-0.39, 0.29) is 0 Å². The quantitative estimate of drug-likeness (QED) is 0.883. The summed E-state index contributed by atoms with van der Waals surface area (Å²) in [5.41, 5.74) is 2.20. The van der Waals surface area contributed by atoms with Crippen molar-refractivity contribution >= 4 is 15.9 Å². The van der Waals surface area contributed by atoms with Crippen LogP contribution in [0.4, 0.5) is 0 Å². The Morgan fingerprint density at radius 1 is 1.44 bits per heavy atom. The highest BCUT2D eigenvalue weighted by Crippen LogP contribution is 2.21. The van der Waals surface area contributed by atoms with Gasteiger partial charge in [-0.15, -0.1) is 0 Å². The van der Waals surface area contributed by atoms with Crippen LogP contribution < -0.4 is 5.32 Å². The molecule has 1 heterocycles. The molecule has 1 aromatic heterocycles. The van der Waals surface area contributed by atoms with Crippen LogP contribution in [-0.4, -0.2) is 16.0 Å². The van der Waals surface area contributed by atoms with E-state index in [1.807, 2.05) is 18.3 Å². The van der Waals surface area contributed by atoms with Gasteiger partial charge in [0, 0.05) is 16.1 Å². The lowest BCUT2D eigenvalue weighted by Crippen LogP contribution is -2.24. The second kappa shape index (κ2) is 6.16. The van der Waals surface area contributed by atoms with Gasteiger partial charge in [-0.3, -0.25) is 0 Å². The van der Waals surface area contributed by atoms with Gasteiger partial charge in [-0.05, 0) is 25.5 Å². The lowest BCUT2D eigenvalue weighted by molar-refractivity contribution is 0.525. The van der Waals surface area contributed by atoms with E-state index in [2.05, 4.69) is 57.2 Å². The average molecular weight is 308 g/mol. The highest BCUT2D eigenvalue weighted by atomic mass is 79.9. The van der Waals surface area contributed by atoms with Crippen molar-refractivity contribution < 1.29 is 0 Å². The van der Waals surface area contributed by atoms with E-state index in [1.54, 1.807) is 0 Å². The van der Waals surface area contributed by atoms with Crippen LogP contribution in [0.2, 0.25) is 0 Å². The summed E-state index contributed by atoms with van der Waals surface area (Å²) in [6.45, 7) is 5.13. The van der Waals surface area contributed by atoms with Crippen LogP contribution in [-0.2, 0) is 6.54 Å². The van der Waals surface area contributed by atoms with Gasteiger partial charge >= 0.3 is 0 Å². The Balaban J connectivity index is 2.06. The summed E-state index contributed by atoms with van der Waals surface area (Å²) in [5.74, 6) is 0.977. The molecule has 2 N–H and O–H groups in total. The van der Waals surface area contributed by atoms with Crippen LogP contribution in [0, 0.1) is 0 Å². The number of aromatic amines is 1. The van der Waals surface area contributed by atoms with Crippen molar-refractivity contribution in [3.63, 3.8) is 0 Å². The molecule has 96 valence electrons. The standard InChI is InChI=1S/C14H18BrN3/c1-3-10(2)16-9-14-17-8-13(18-14)11-5-4-6-12(15)7-11/h4-8,10,16H,3,9H2,1-2H3,(H,17,18). The minimum atomic E-state index is 0.518. The predicted octanol–water partition coefficient (Wildman–Crippen LogP) is 3.73. The zero-order valence-corrected chi connectivity index (χ0v) is 12.3. The van der Waals surface area contributed by atoms with Crippen molar-refractivity contribution in [3.05, 3.63) is 40.8 Å². The van der Waals surface area contributed by atoms with Gasteiger partial charge in [-0.1, -0.05) is 35.0 Å². The Kier molecular flexibility index (Phi) is 4.55. The number of imidazole rings is 1. The number of halogens is 1. The minimum Gasteiger partial charge on any atom is -0.341 e. The Hall–Kier alpha value is -1.13. The smallest absolute Gasteiger partial charge is 0.120 e. The largest absolute Gasteiger partial charge is 0.341 e. The highest BCUT2D eigenvalue weighted by Gasteiger charge is 2.04. The molecule has 3 nitrogen and oxygen atoms in total. The predicted molar refractivity (Wildman–Crippen MR) is 78.3 cm³/mol. The molecular weight excluding hydrogens is 290 g/mol. The number of hydrogen-bond donors (Lipinski definition) is 2. The molecule has 2 rings (SSSR count). The zero-order valence-electron chi connectivity index (χ0n) is 10.7. The molecule has 0 bridgehead atoms. The molecule has 0 aliphatic heterocycles. The van der Waals surface area contributed by atoms with E-state index in [4.69, 9.17) is 0 Å². The van der Waals surface area contributed by atoms with Crippen molar-refractivity contribution in [2.24, 2.45) is 0 Å². The summed E-state index contributed by atoms with van der Waals surface area (Å²) in [7, 11) is 0. The highest BCUT2D eigenvalue weighted by molar-refractivity contribution is 9.10. The molecule has 0 amide bonds. The Bertz CT molecular complexity index is 507. The average Bonchev–Trinajstić information content (AvgIpc) is 2.84. The zero-order chi connectivity index (χ0) is 13.0. The van der Waals surface area contributed by atoms with E-state index in [0.717, 1.165) is 34.5 Å². The first-order chi connectivity index (χ1) is 8.69. The summed E-state index contributed by atoms with van der Waals surface area (Å²) in [5, 5.41) is 3.42. The van der Waals surface area contributed by atoms with Gasteiger partial charge in [0.15, 0.2) is 0 Å². The number of aromatic nitrogens is 2. The SMILES string of the molecule is CCC(C)NCc1ncc(-c2cccc(Br)c2)[nH]1. The third kappa shape index (κ3) is 3.43. The molecule has 0 aliphatic carbocycles. The molecule has 2 aromatic rings. The molecule has 0 aliphatic rings. The number of rotatable bonds is 5. The summed E-state index contributed by atoms with van der Waals surface area (Å²) in [6, 6.07) is 8.72. The molecule has 4 heteroatoms. The fourth-order valence-corrected chi connectivity index (χ4v) is 2.07. The number of H-pyrrole nitrogens is 1. The summed E-state index contributed by atoms with van der Waals surface area (Å²) >= 11 is 3.48. The van der Waals surface area contributed by atoms with E-state index < -0.39 is 0 Å². The van der Waals surface area contributed by atoms with E-state index >= 15 is 0 Å². The van der Waals surface area contributed by atoms with Gasteiger partial charge in [-0.2, -0.15) is 0 Å². The number of hydrogen-bond acceptors (Lipinski definition) is 2. The van der Waals surface area contributed by atoms with Gasteiger partial charge in [-0.25, -0.2) is 4.98 Å². The Morgan fingerprint density at radius 2 is 2.28 bits per heavy atom. The van der Waals surface area contributed by atoms with Crippen molar-refractivity contribution in [2.45, 2.75) is 32.9 Å². The second-order valence-electron chi connectivity index (χ2n) is 4.44. The summed E-state index contributed by atoms with van der Waals surface area (Å²) in [4.78, 5) is 7.74. The Morgan fingerprint density at radius 3 is 3.00 bits per heavy atom. The van der Waals surface area contributed by atoms with Crippen molar-refractivity contribution in [2.75, 3.05) is 0 Å². The first kappa shape index (κ1) is 13.3. The topological polar surface area (TPSA) is 40.7 Å². The van der Waals surface area contributed by atoms with Gasteiger partial charge in [0.2, 0.25) is 0 Å². The van der Waals surface area contributed by atoms with Crippen LogP contribution in [0.5, 0.6) is 0 Å². The lowest BCUT2D eigenvalue weighted by atomic mass is 10.2. The normalized spacial score (nSPS) is 12.6. The molecule has 0 spiro atoms. The van der Waals surface area contributed by atoms with Crippen molar-refractivity contribution in [3.8, 4) is 11.3 Å². The third-order valence-corrected chi connectivity index (χ3v) is 3.49. The van der Waals surface area contributed by atoms with Crippen molar-refractivity contribution in [1.29, 1.82) is 0 Å². The van der Waals surface area contributed by atoms with E-state index in [1.165, 1.54) is 0 Å². The molecule has 1 unspecified atom stereocenters. The molecule has 0 fully saturated rings. The van der Waals surface area contributed by atoms with Crippen LogP contribution in [0.3, 0.4) is 0 Å². The number of benzene rings is 1. The molecule has 0 saturated heterocycles. The summed E-state index contributed by atoms with van der Waals surface area (Å²) in [6.07, 6.45) is 3.01. The fourth-order valence-electron chi connectivity index (χ4n) is 1.67. The molecule has 0 radical (unpaired) electrons. The van der Waals surface area contributed by atoms with Crippen LogP contribution in [0.15, 0.2) is 34.9 Å². The van der Waals surface area contributed by atoms with Crippen LogP contribution >= 0.6 is 15.9 Å². The summed E-state index contributed by atoms with van der Waals surface area (Å²) < 4.78 is 1.08. The van der Waals surface area contributed by atoms with E-state index in [9.17, 15) is 0 Å². The van der Waals surface area contributed by atoms with Crippen molar-refractivity contribution in [1.82, 2.24) is 15.3 Å².